The lowest BCUT2D eigenvalue weighted by molar-refractivity contribution is -0.149. The summed E-state index contributed by atoms with van der Waals surface area (Å²) < 4.78 is 5.19. The summed E-state index contributed by atoms with van der Waals surface area (Å²) in [5.41, 5.74) is -0.142. The third-order valence-electron chi connectivity index (χ3n) is 3.03. The molecule has 1 N–H and O–H groups in total. The Morgan fingerprint density at radius 3 is 2.40 bits per heavy atom. The van der Waals surface area contributed by atoms with Crippen molar-refractivity contribution in [3.05, 3.63) is 0 Å². The molecule has 1 fully saturated rings. The number of carbonyl (C=O) groups is 1. The van der Waals surface area contributed by atoms with Gasteiger partial charge < -0.3 is 9.84 Å². The van der Waals surface area contributed by atoms with Crippen LogP contribution >= 0.6 is 0 Å². The summed E-state index contributed by atoms with van der Waals surface area (Å²) in [7, 11) is 0. The van der Waals surface area contributed by atoms with E-state index in [1.54, 1.807) is 0 Å². The first-order chi connectivity index (χ1) is 7.19. The van der Waals surface area contributed by atoms with Gasteiger partial charge in [-0.1, -0.05) is 19.3 Å². The third-order valence-corrected chi connectivity index (χ3v) is 3.03. The summed E-state index contributed by atoms with van der Waals surface area (Å²) in [6, 6.07) is 0. The van der Waals surface area contributed by atoms with Crippen molar-refractivity contribution in [2.45, 2.75) is 51.9 Å². The van der Waals surface area contributed by atoms with E-state index in [4.69, 9.17) is 9.84 Å². The molecule has 1 saturated carbocycles. The molecular weight excluding hydrogens is 192 g/mol. The normalized spacial score (nSPS) is 17.5. The predicted molar refractivity (Wildman–Crippen MR) is 58.5 cm³/mol. The zero-order valence-electron chi connectivity index (χ0n) is 9.63. The number of aliphatic hydroxyl groups excluding tert-OH is 1. The molecule has 0 saturated heterocycles. The molecule has 3 nitrogen and oxygen atoms in total. The average molecular weight is 214 g/mol. The second-order valence-corrected chi connectivity index (χ2v) is 4.69. The van der Waals surface area contributed by atoms with E-state index >= 15 is 0 Å². The summed E-state index contributed by atoms with van der Waals surface area (Å²) in [6.07, 6.45) is 7.09. The van der Waals surface area contributed by atoms with E-state index in [1.807, 2.05) is 6.92 Å². The van der Waals surface area contributed by atoms with Crippen LogP contribution in [0.4, 0.5) is 0 Å². The predicted octanol–water partition coefficient (Wildman–Crippen LogP) is 2.27. The van der Waals surface area contributed by atoms with Gasteiger partial charge in [0.05, 0.1) is 12.0 Å². The quantitative estimate of drug-likeness (QED) is 0.498. The van der Waals surface area contributed by atoms with Gasteiger partial charge in [-0.05, 0) is 32.6 Å². The number of unbranched alkanes of at least 4 members (excludes halogenated alkanes) is 4. The molecule has 0 aromatic heterocycles. The molecule has 1 rings (SSSR count). The van der Waals surface area contributed by atoms with Gasteiger partial charge in [0, 0.05) is 6.61 Å². The fourth-order valence-electron chi connectivity index (χ4n) is 1.47. The monoisotopic (exact) mass is 214 g/mol. The minimum Gasteiger partial charge on any atom is -0.465 e. The van der Waals surface area contributed by atoms with Crippen LogP contribution in [0.15, 0.2) is 0 Å². The van der Waals surface area contributed by atoms with Crippen molar-refractivity contribution in [3.63, 3.8) is 0 Å². The molecule has 0 bridgehead atoms. The van der Waals surface area contributed by atoms with Crippen molar-refractivity contribution in [2.24, 2.45) is 5.41 Å². The van der Waals surface area contributed by atoms with Gasteiger partial charge in [0.25, 0.3) is 0 Å². The molecule has 88 valence electrons. The molecule has 0 spiro atoms. The molecule has 0 aromatic carbocycles. The number of esters is 1. The van der Waals surface area contributed by atoms with Gasteiger partial charge in [-0.2, -0.15) is 0 Å². The lowest BCUT2D eigenvalue weighted by Crippen LogP contribution is -2.16. The number of ether oxygens (including phenoxy) is 1. The van der Waals surface area contributed by atoms with Crippen LogP contribution < -0.4 is 0 Å². The van der Waals surface area contributed by atoms with Crippen LogP contribution in [-0.4, -0.2) is 24.3 Å². The van der Waals surface area contributed by atoms with E-state index in [0.29, 0.717) is 6.61 Å². The molecule has 1 aliphatic rings. The second kappa shape index (κ2) is 6.11. The SMILES string of the molecule is CC1(C(=O)OCCCCCCCO)CC1. The highest BCUT2D eigenvalue weighted by atomic mass is 16.5. The van der Waals surface area contributed by atoms with E-state index in [-0.39, 0.29) is 18.0 Å². The summed E-state index contributed by atoms with van der Waals surface area (Å²) in [5, 5.41) is 8.57. The Labute approximate surface area is 91.8 Å². The number of hydrogen-bond acceptors (Lipinski definition) is 3. The molecule has 0 aromatic rings. The van der Waals surface area contributed by atoms with Gasteiger partial charge in [0.2, 0.25) is 0 Å². The van der Waals surface area contributed by atoms with Crippen LogP contribution in [0.25, 0.3) is 0 Å². The van der Waals surface area contributed by atoms with Crippen molar-refractivity contribution >= 4 is 5.97 Å². The minimum atomic E-state index is -0.142. The number of rotatable bonds is 8. The second-order valence-electron chi connectivity index (χ2n) is 4.69. The van der Waals surface area contributed by atoms with Crippen molar-refractivity contribution < 1.29 is 14.6 Å². The van der Waals surface area contributed by atoms with Crippen LogP contribution in [0, 0.1) is 5.41 Å². The first kappa shape index (κ1) is 12.5. The first-order valence-electron chi connectivity index (χ1n) is 5.97. The van der Waals surface area contributed by atoms with Crippen LogP contribution in [-0.2, 0) is 9.53 Å². The van der Waals surface area contributed by atoms with E-state index < -0.39 is 0 Å². The topological polar surface area (TPSA) is 46.5 Å². The molecule has 1 aliphatic carbocycles. The highest BCUT2D eigenvalue weighted by molar-refractivity contribution is 5.79. The van der Waals surface area contributed by atoms with Gasteiger partial charge in [0.15, 0.2) is 0 Å². The van der Waals surface area contributed by atoms with Crippen molar-refractivity contribution in [3.8, 4) is 0 Å². The largest absolute Gasteiger partial charge is 0.465 e. The highest BCUT2D eigenvalue weighted by Crippen LogP contribution is 2.45. The zero-order valence-corrected chi connectivity index (χ0v) is 9.63. The van der Waals surface area contributed by atoms with Crippen LogP contribution in [0.5, 0.6) is 0 Å². The molecule has 0 amide bonds. The molecule has 0 unspecified atom stereocenters. The molecule has 0 radical (unpaired) electrons. The van der Waals surface area contributed by atoms with Gasteiger partial charge in [-0.3, -0.25) is 4.79 Å². The molecular formula is C12H22O3. The molecule has 3 heteroatoms. The first-order valence-corrected chi connectivity index (χ1v) is 5.97. The number of hydrogen-bond donors (Lipinski definition) is 1. The number of aliphatic hydroxyl groups is 1. The highest BCUT2D eigenvalue weighted by Gasteiger charge is 2.46. The molecule has 0 heterocycles. The Morgan fingerprint density at radius 2 is 1.80 bits per heavy atom. The summed E-state index contributed by atoms with van der Waals surface area (Å²) in [5.74, 6) is -0.0159. The van der Waals surface area contributed by atoms with Gasteiger partial charge in [-0.25, -0.2) is 0 Å². The van der Waals surface area contributed by atoms with Crippen LogP contribution in [0.3, 0.4) is 0 Å². The Hall–Kier alpha value is -0.570. The third kappa shape index (κ3) is 4.65. The van der Waals surface area contributed by atoms with Crippen LogP contribution in [0.1, 0.15) is 51.9 Å². The fraction of sp³-hybridized carbons (Fsp3) is 0.917. The van der Waals surface area contributed by atoms with E-state index in [1.165, 1.54) is 0 Å². The van der Waals surface area contributed by atoms with Gasteiger partial charge >= 0.3 is 5.97 Å². The van der Waals surface area contributed by atoms with E-state index in [9.17, 15) is 4.79 Å². The number of carbonyl (C=O) groups excluding carboxylic acids is 1. The zero-order chi connectivity index (χ0) is 11.1. The molecule has 0 atom stereocenters. The Morgan fingerprint density at radius 1 is 1.20 bits per heavy atom. The smallest absolute Gasteiger partial charge is 0.311 e. The van der Waals surface area contributed by atoms with Crippen molar-refractivity contribution in [1.29, 1.82) is 0 Å². The van der Waals surface area contributed by atoms with Gasteiger partial charge in [0.1, 0.15) is 0 Å². The Balaban J connectivity index is 1.86. The molecule has 0 aliphatic heterocycles. The minimum absolute atomic E-state index is 0.0159. The molecule has 15 heavy (non-hydrogen) atoms. The fourth-order valence-corrected chi connectivity index (χ4v) is 1.47. The maximum atomic E-state index is 11.4. The van der Waals surface area contributed by atoms with Crippen molar-refractivity contribution in [2.75, 3.05) is 13.2 Å². The van der Waals surface area contributed by atoms with E-state index in [0.717, 1.165) is 44.9 Å². The summed E-state index contributed by atoms with van der Waals surface area (Å²) >= 11 is 0. The lowest BCUT2D eigenvalue weighted by atomic mass is 10.1. The Kier molecular flexibility index (Phi) is 5.09. The summed E-state index contributed by atoms with van der Waals surface area (Å²) in [4.78, 5) is 11.4. The lowest BCUT2D eigenvalue weighted by Gasteiger charge is -2.08. The van der Waals surface area contributed by atoms with Gasteiger partial charge in [-0.15, -0.1) is 0 Å². The standard InChI is InChI=1S/C12H22O3/c1-12(7-8-12)11(14)15-10-6-4-2-3-5-9-13/h13H,2-10H2,1H3. The summed E-state index contributed by atoms with van der Waals surface area (Å²) in [6.45, 7) is 2.82. The van der Waals surface area contributed by atoms with Crippen molar-refractivity contribution in [1.82, 2.24) is 0 Å². The maximum Gasteiger partial charge on any atom is 0.311 e. The van der Waals surface area contributed by atoms with Crippen LogP contribution in [0.2, 0.25) is 0 Å². The maximum absolute atomic E-state index is 11.4. The Bertz CT molecular complexity index is 197. The van der Waals surface area contributed by atoms with E-state index in [2.05, 4.69) is 0 Å². The average Bonchev–Trinajstić information content (AvgIpc) is 2.96.